The molecule has 3 rings (SSSR count). The van der Waals surface area contributed by atoms with Crippen LogP contribution >= 0.6 is 0 Å². The highest BCUT2D eigenvalue weighted by molar-refractivity contribution is 5.89. The molecule has 3 nitrogen and oxygen atoms in total. The molecule has 0 radical (unpaired) electrons. The number of aliphatic imine (C=N–C) groups is 1. The van der Waals surface area contributed by atoms with Crippen LogP contribution in [0, 0.1) is 0 Å². The van der Waals surface area contributed by atoms with Crippen LogP contribution < -0.4 is 5.32 Å². The largest absolute Gasteiger partial charge is 0.354 e. The van der Waals surface area contributed by atoms with Crippen LogP contribution in [0.2, 0.25) is 0 Å². The molecule has 1 aromatic heterocycles. The summed E-state index contributed by atoms with van der Waals surface area (Å²) in [5.41, 5.74) is 2.55. The van der Waals surface area contributed by atoms with Crippen LogP contribution in [0.3, 0.4) is 0 Å². The third-order valence-electron chi connectivity index (χ3n) is 4.14. The van der Waals surface area contributed by atoms with Gasteiger partial charge in [0, 0.05) is 28.2 Å². The molecular weight excluding hydrogens is 258 g/mol. The molecule has 0 bridgehead atoms. The van der Waals surface area contributed by atoms with Crippen LogP contribution in [-0.4, -0.2) is 28.3 Å². The maximum Gasteiger partial charge on any atom is 0.0572 e. The zero-order chi connectivity index (χ0) is 15.1. The highest BCUT2D eigenvalue weighted by Gasteiger charge is 2.37. The lowest BCUT2D eigenvalue weighted by atomic mass is 9.80. The fourth-order valence-corrected chi connectivity index (χ4v) is 3.72. The Morgan fingerprint density at radius 2 is 1.76 bits per heavy atom. The molecule has 0 saturated carbocycles. The Labute approximate surface area is 126 Å². The SMILES string of the molecule is CC1(C)CC(N=Cc2cc3ccccc3[nH]2)CC(C)(C)N1. The molecule has 2 heterocycles. The number of aromatic nitrogens is 1. The summed E-state index contributed by atoms with van der Waals surface area (Å²) in [5, 5.41) is 4.94. The molecule has 0 aliphatic carbocycles. The summed E-state index contributed by atoms with van der Waals surface area (Å²) in [6.45, 7) is 9.05. The second kappa shape index (κ2) is 4.99. The van der Waals surface area contributed by atoms with Gasteiger partial charge >= 0.3 is 0 Å². The Bertz CT molecular complexity index is 615. The van der Waals surface area contributed by atoms with Gasteiger partial charge in [0.1, 0.15) is 0 Å². The Hall–Kier alpha value is -1.61. The van der Waals surface area contributed by atoms with Gasteiger partial charge in [0.15, 0.2) is 0 Å². The molecule has 1 fully saturated rings. The van der Waals surface area contributed by atoms with Crippen LogP contribution in [0.15, 0.2) is 35.3 Å². The van der Waals surface area contributed by atoms with Crippen LogP contribution in [0.4, 0.5) is 0 Å². The van der Waals surface area contributed by atoms with Gasteiger partial charge in [0.05, 0.1) is 11.7 Å². The number of rotatable bonds is 2. The van der Waals surface area contributed by atoms with Crippen LogP contribution in [-0.2, 0) is 0 Å². The lowest BCUT2D eigenvalue weighted by Crippen LogP contribution is -2.58. The van der Waals surface area contributed by atoms with E-state index in [0.29, 0.717) is 6.04 Å². The molecule has 0 spiro atoms. The zero-order valence-corrected chi connectivity index (χ0v) is 13.4. The molecule has 2 aromatic rings. The first kappa shape index (κ1) is 14.3. The van der Waals surface area contributed by atoms with Crippen molar-refractivity contribution in [1.82, 2.24) is 10.3 Å². The van der Waals surface area contributed by atoms with Crippen molar-refractivity contribution >= 4 is 17.1 Å². The van der Waals surface area contributed by atoms with E-state index in [4.69, 9.17) is 4.99 Å². The van der Waals surface area contributed by atoms with E-state index in [1.54, 1.807) is 0 Å². The topological polar surface area (TPSA) is 40.2 Å². The number of aromatic amines is 1. The van der Waals surface area contributed by atoms with Gasteiger partial charge in [0.25, 0.3) is 0 Å². The summed E-state index contributed by atoms with van der Waals surface area (Å²) in [5.74, 6) is 0. The van der Waals surface area contributed by atoms with Crippen molar-refractivity contribution in [2.24, 2.45) is 4.99 Å². The Morgan fingerprint density at radius 3 is 2.43 bits per heavy atom. The summed E-state index contributed by atoms with van der Waals surface area (Å²) >= 11 is 0. The number of nitrogens with one attached hydrogen (secondary N) is 2. The normalized spacial score (nSPS) is 22.1. The Kier molecular flexibility index (Phi) is 3.40. The predicted octanol–water partition coefficient (Wildman–Crippen LogP) is 3.90. The molecule has 0 atom stereocenters. The molecular formula is C18H25N3. The first-order valence-corrected chi connectivity index (χ1v) is 7.73. The molecule has 0 amide bonds. The number of piperidine rings is 1. The Morgan fingerprint density at radius 1 is 1.10 bits per heavy atom. The van der Waals surface area contributed by atoms with Gasteiger partial charge in [-0.25, -0.2) is 0 Å². The fourth-order valence-electron chi connectivity index (χ4n) is 3.72. The molecule has 1 aromatic carbocycles. The van der Waals surface area contributed by atoms with Gasteiger partial charge < -0.3 is 10.3 Å². The van der Waals surface area contributed by atoms with Crippen molar-refractivity contribution in [2.45, 2.75) is 57.7 Å². The fraction of sp³-hybridized carbons (Fsp3) is 0.500. The number of H-pyrrole nitrogens is 1. The van der Waals surface area contributed by atoms with E-state index in [2.05, 4.69) is 68.3 Å². The number of nitrogens with zero attached hydrogens (tertiary/aromatic N) is 1. The van der Waals surface area contributed by atoms with Crippen LogP contribution in [0.5, 0.6) is 0 Å². The van der Waals surface area contributed by atoms with Crippen molar-refractivity contribution < 1.29 is 0 Å². The minimum atomic E-state index is 0.143. The number of benzene rings is 1. The number of hydrogen-bond donors (Lipinski definition) is 2. The third-order valence-corrected chi connectivity index (χ3v) is 4.14. The van der Waals surface area contributed by atoms with Gasteiger partial charge in [-0.05, 0) is 52.7 Å². The Balaban J connectivity index is 1.78. The quantitative estimate of drug-likeness (QED) is 0.806. The van der Waals surface area contributed by atoms with Crippen molar-refractivity contribution in [2.75, 3.05) is 0 Å². The van der Waals surface area contributed by atoms with E-state index in [1.165, 1.54) is 10.9 Å². The average Bonchev–Trinajstić information content (AvgIpc) is 2.75. The van der Waals surface area contributed by atoms with E-state index in [9.17, 15) is 0 Å². The first-order chi connectivity index (χ1) is 9.83. The van der Waals surface area contributed by atoms with E-state index >= 15 is 0 Å². The summed E-state index contributed by atoms with van der Waals surface area (Å²) in [6, 6.07) is 10.9. The minimum Gasteiger partial charge on any atom is -0.354 e. The first-order valence-electron chi connectivity index (χ1n) is 7.73. The summed E-state index contributed by atoms with van der Waals surface area (Å²) in [6.07, 6.45) is 4.16. The molecule has 3 heteroatoms. The van der Waals surface area contributed by atoms with E-state index in [-0.39, 0.29) is 11.1 Å². The van der Waals surface area contributed by atoms with Crippen molar-refractivity contribution in [3.63, 3.8) is 0 Å². The second-order valence-electron chi connectivity index (χ2n) is 7.54. The standard InChI is InChI=1S/C18H25N3/c1-17(2)10-15(11-18(3,4)21-17)19-12-14-9-13-7-5-6-8-16(13)20-14/h5-9,12,15,20-21H,10-11H2,1-4H3. The molecule has 2 N–H and O–H groups in total. The second-order valence-corrected chi connectivity index (χ2v) is 7.54. The summed E-state index contributed by atoms with van der Waals surface area (Å²) < 4.78 is 0. The summed E-state index contributed by atoms with van der Waals surface area (Å²) in [7, 11) is 0. The molecule has 1 saturated heterocycles. The van der Waals surface area contributed by atoms with Crippen molar-refractivity contribution in [3.8, 4) is 0 Å². The molecule has 0 unspecified atom stereocenters. The molecule has 21 heavy (non-hydrogen) atoms. The predicted molar refractivity (Wildman–Crippen MR) is 90.2 cm³/mol. The number of fused-ring (bicyclic) bond motifs is 1. The van der Waals surface area contributed by atoms with Gasteiger partial charge in [-0.15, -0.1) is 0 Å². The lowest BCUT2D eigenvalue weighted by Gasteiger charge is -2.45. The minimum absolute atomic E-state index is 0.143. The van der Waals surface area contributed by atoms with Crippen LogP contribution in [0.1, 0.15) is 46.2 Å². The van der Waals surface area contributed by atoms with Gasteiger partial charge in [-0.3, -0.25) is 4.99 Å². The van der Waals surface area contributed by atoms with E-state index in [1.807, 2.05) is 6.21 Å². The van der Waals surface area contributed by atoms with Crippen LogP contribution in [0.25, 0.3) is 10.9 Å². The van der Waals surface area contributed by atoms with Gasteiger partial charge in [-0.1, -0.05) is 18.2 Å². The lowest BCUT2D eigenvalue weighted by molar-refractivity contribution is 0.164. The molecule has 1 aliphatic rings. The maximum atomic E-state index is 4.84. The number of hydrogen-bond acceptors (Lipinski definition) is 2. The summed E-state index contributed by atoms with van der Waals surface area (Å²) in [4.78, 5) is 8.26. The maximum absolute atomic E-state index is 4.84. The highest BCUT2D eigenvalue weighted by Crippen LogP contribution is 2.30. The van der Waals surface area contributed by atoms with Crippen molar-refractivity contribution in [3.05, 3.63) is 36.0 Å². The smallest absolute Gasteiger partial charge is 0.0572 e. The van der Waals surface area contributed by atoms with E-state index < -0.39 is 0 Å². The van der Waals surface area contributed by atoms with Gasteiger partial charge in [-0.2, -0.15) is 0 Å². The highest BCUT2D eigenvalue weighted by atomic mass is 15.1. The third kappa shape index (κ3) is 3.35. The monoisotopic (exact) mass is 283 g/mol. The van der Waals surface area contributed by atoms with Gasteiger partial charge in [0.2, 0.25) is 0 Å². The van der Waals surface area contributed by atoms with E-state index in [0.717, 1.165) is 18.5 Å². The number of para-hydroxylation sites is 1. The molecule has 1 aliphatic heterocycles. The van der Waals surface area contributed by atoms with Crippen molar-refractivity contribution in [1.29, 1.82) is 0 Å². The molecule has 112 valence electrons. The average molecular weight is 283 g/mol. The zero-order valence-electron chi connectivity index (χ0n) is 13.4.